The Morgan fingerprint density at radius 2 is 2.16 bits per heavy atom. The van der Waals surface area contributed by atoms with Crippen LogP contribution in [0.4, 0.5) is 13.9 Å². The highest BCUT2D eigenvalue weighted by molar-refractivity contribution is 7.14. The summed E-state index contributed by atoms with van der Waals surface area (Å²) >= 11 is 1.22. The quantitative estimate of drug-likeness (QED) is 0.873. The highest BCUT2D eigenvalue weighted by Crippen LogP contribution is 2.26. The lowest BCUT2D eigenvalue weighted by Crippen LogP contribution is -2.07. The summed E-state index contributed by atoms with van der Waals surface area (Å²) in [6, 6.07) is 3.55. The maximum atomic E-state index is 13.1. The summed E-state index contributed by atoms with van der Waals surface area (Å²) in [7, 11) is 0. The number of carbonyl (C=O) groups is 1. The number of benzene rings is 1. The first-order valence-electron chi connectivity index (χ1n) is 5.45. The first kappa shape index (κ1) is 13.4. The first-order chi connectivity index (χ1) is 9.10. The fourth-order valence-electron chi connectivity index (χ4n) is 1.42. The predicted octanol–water partition coefficient (Wildman–Crippen LogP) is 3.60. The Hall–Kier alpha value is -2.08. The fourth-order valence-corrected chi connectivity index (χ4v) is 2.14. The van der Waals surface area contributed by atoms with Crippen LogP contribution in [-0.2, 0) is 4.79 Å². The number of thiazole rings is 1. The van der Waals surface area contributed by atoms with Gasteiger partial charge < -0.3 is 0 Å². The molecule has 3 nitrogen and oxygen atoms in total. The van der Waals surface area contributed by atoms with Gasteiger partial charge >= 0.3 is 0 Å². The molecule has 0 radical (unpaired) electrons. The monoisotopic (exact) mass is 280 g/mol. The van der Waals surface area contributed by atoms with E-state index in [-0.39, 0.29) is 5.91 Å². The molecule has 1 aromatic heterocycles. The Morgan fingerprint density at radius 3 is 2.84 bits per heavy atom. The number of carbonyl (C=O) groups excluding carboxylic acids is 1. The Kier molecular flexibility index (Phi) is 4.01. The fraction of sp³-hybridized carbons (Fsp3) is 0.0769. The van der Waals surface area contributed by atoms with Crippen LogP contribution in [0.3, 0.4) is 0 Å². The molecular formula is C13H10F2N2OS. The van der Waals surface area contributed by atoms with Crippen LogP contribution in [0.2, 0.25) is 0 Å². The number of hydrogen-bond acceptors (Lipinski definition) is 3. The van der Waals surface area contributed by atoms with Crippen molar-refractivity contribution < 1.29 is 13.6 Å². The number of rotatable bonds is 3. The lowest BCUT2D eigenvalue weighted by atomic mass is 10.2. The van der Waals surface area contributed by atoms with Crippen molar-refractivity contribution in [3.8, 4) is 11.3 Å². The summed E-state index contributed by atoms with van der Waals surface area (Å²) in [4.78, 5) is 15.5. The second kappa shape index (κ2) is 5.71. The zero-order chi connectivity index (χ0) is 13.8. The average molecular weight is 280 g/mol. The summed E-state index contributed by atoms with van der Waals surface area (Å²) in [6.07, 6.45) is 2.98. The molecular weight excluding hydrogens is 270 g/mol. The van der Waals surface area contributed by atoms with E-state index in [0.29, 0.717) is 16.4 Å². The van der Waals surface area contributed by atoms with Crippen molar-refractivity contribution in [1.82, 2.24) is 4.98 Å². The molecule has 1 N–H and O–H groups in total. The lowest BCUT2D eigenvalue weighted by molar-refractivity contribution is -0.111. The van der Waals surface area contributed by atoms with E-state index >= 15 is 0 Å². The second-order valence-electron chi connectivity index (χ2n) is 3.66. The van der Waals surface area contributed by atoms with Gasteiger partial charge in [0.1, 0.15) is 0 Å². The number of allylic oxidation sites excluding steroid dienone is 1. The Labute approximate surface area is 112 Å². The van der Waals surface area contributed by atoms with Crippen molar-refractivity contribution in [3.63, 3.8) is 0 Å². The topological polar surface area (TPSA) is 42.0 Å². The molecule has 0 saturated heterocycles. The molecule has 1 aromatic carbocycles. The highest BCUT2D eigenvalue weighted by atomic mass is 32.1. The molecule has 0 bridgehead atoms. The number of amides is 1. The molecule has 0 atom stereocenters. The van der Waals surface area contributed by atoms with Crippen LogP contribution in [0.1, 0.15) is 6.92 Å². The normalized spacial score (nSPS) is 10.9. The summed E-state index contributed by atoms with van der Waals surface area (Å²) in [5.74, 6) is -2.11. The van der Waals surface area contributed by atoms with E-state index in [0.717, 1.165) is 12.1 Å². The van der Waals surface area contributed by atoms with E-state index in [4.69, 9.17) is 0 Å². The van der Waals surface area contributed by atoms with E-state index in [1.165, 1.54) is 23.5 Å². The van der Waals surface area contributed by atoms with Gasteiger partial charge in [0.2, 0.25) is 5.91 Å². The van der Waals surface area contributed by atoms with Gasteiger partial charge in [0, 0.05) is 10.9 Å². The Morgan fingerprint density at radius 1 is 1.37 bits per heavy atom. The third-order valence-corrected chi connectivity index (χ3v) is 3.03. The molecule has 2 aromatic rings. The number of nitrogens with one attached hydrogen (secondary N) is 1. The predicted molar refractivity (Wildman–Crippen MR) is 70.9 cm³/mol. The van der Waals surface area contributed by atoms with Gasteiger partial charge in [-0.15, -0.1) is 11.3 Å². The van der Waals surface area contributed by atoms with Crippen LogP contribution < -0.4 is 5.32 Å². The standard InChI is InChI=1S/C13H10F2N2OS/c1-2-3-12(18)17-13-16-11(7-19-13)8-4-5-9(14)10(15)6-8/h2-7H,1H3,(H,16,17,18). The number of halogens is 2. The van der Waals surface area contributed by atoms with Gasteiger partial charge in [0.15, 0.2) is 16.8 Å². The molecule has 19 heavy (non-hydrogen) atoms. The minimum absolute atomic E-state index is 0.284. The van der Waals surface area contributed by atoms with Crippen molar-refractivity contribution >= 4 is 22.4 Å². The van der Waals surface area contributed by atoms with Crippen LogP contribution >= 0.6 is 11.3 Å². The van der Waals surface area contributed by atoms with E-state index in [9.17, 15) is 13.6 Å². The van der Waals surface area contributed by atoms with Crippen molar-refractivity contribution in [2.75, 3.05) is 5.32 Å². The minimum Gasteiger partial charge on any atom is -0.298 e. The van der Waals surface area contributed by atoms with Crippen LogP contribution in [0.15, 0.2) is 35.7 Å². The van der Waals surface area contributed by atoms with Gasteiger partial charge in [-0.1, -0.05) is 6.08 Å². The summed E-state index contributed by atoms with van der Waals surface area (Å²) in [5, 5.41) is 4.64. The summed E-state index contributed by atoms with van der Waals surface area (Å²) in [5.41, 5.74) is 0.946. The molecule has 0 aliphatic heterocycles. The maximum absolute atomic E-state index is 13.1. The largest absolute Gasteiger partial charge is 0.298 e. The van der Waals surface area contributed by atoms with Crippen LogP contribution in [0.5, 0.6) is 0 Å². The molecule has 98 valence electrons. The number of aromatic nitrogens is 1. The Balaban J connectivity index is 2.20. The number of anilines is 1. The molecule has 1 amide bonds. The van der Waals surface area contributed by atoms with Gasteiger partial charge in [0.25, 0.3) is 0 Å². The van der Waals surface area contributed by atoms with Crippen LogP contribution in [-0.4, -0.2) is 10.9 Å². The lowest BCUT2D eigenvalue weighted by Gasteiger charge is -1.98. The molecule has 0 fully saturated rings. The van der Waals surface area contributed by atoms with E-state index in [2.05, 4.69) is 10.3 Å². The van der Waals surface area contributed by atoms with Crippen molar-refractivity contribution in [1.29, 1.82) is 0 Å². The zero-order valence-corrected chi connectivity index (χ0v) is 10.8. The van der Waals surface area contributed by atoms with Gasteiger partial charge in [-0.3, -0.25) is 10.1 Å². The third-order valence-electron chi connectivity index (χ3n) is 2.27. The van der Waals surface area contributed by atoms with Gasteiger partial charge in [-0.2, -0.15) is 0 Å². The summed E-state index contributed by atoms with van der Waals surface area (Å²) < 4.78 is 25.9. The molecule has 0 saturated carbocycles. The molecule has 0 unspecified atom stereocenters. The zero-order valence-electron chi connectivity index (χ0n) is 9.98. The van der Waals surface area contributed by atoms with E-state index < -0.39 is 11.6 Å². The van der Waals surface area contributed by atoms with Crippen molar-refractivity contribution in [2.24, 2.45) is 0 Å². The smallest absolute Gasteiger partial charge is 0.249 e. The third kappa shape index (κ3) is 3.23. The molecule has 0 spiro atoms. The Bertz CT molecular complexity index is 637. The molecule has 6 heteroatoms. The number of nitrogens with zero attached hydrogens (tertiary/aromatic N) is 1. The maximum Gasteiger partial charge on any atom is 0.249 e. The van der Waals surface area contributed by atoms with Crippen molar-refractivity contribution in [2.45, 2.75) is 6.92 Å². The number of hydrogen-bond donors (Lipinski definition) is 1. The molecule has 2 rings (SSSR count). The van der Waals surface area contributed by atoms with Gasteiger partial charge in [0.05, 0.1) is 5.69 Å². The molecule has 1 heterocycles. The van der Waals surface area contributed by atoms with Crippen LogP contribution in [0.25, 0.3) is 11.3 Å². The minimum atomic E-state index is -0.926. The average Bonchev–Trinajstić information content (AvgIpc) is 2.81. The SMILES string of the molecule is CC=CC(=O)Nc1nc(-c2ccc(F)c(F)c2)cs1. The van der Waals surface area contributed by atoms with E-state index in [1.807, 2.05) is 0 Å². The van der Waals surface area contributed by atoms with Crippen molar-refractivity contribution in [3.05, 3.63) is 47.4 Å². The van der Waals surface area contributed by atoms with Crippen LogP contribution in [0, 0.1) is 11.6 Å². The van der Waals surface area contributed by atoms with E-state index in [1.54, 1.807) is 18.4 Å². The first-order valence-corrected chi connectivity index (χ1v) is 6.32. The second-order valence-corrected chi connectivity index (χ2v) is 4.51. The van der Waals surface area contributed by atoms with Gasteiger partial charge in [-0.25, -0.2) is 13.8 Å². The van der Waals surface area contributed by atoms with Gasteiger partial charge in [-0.05, 0) is 31.2 Å². The molecule has 0 aliphatic carbocycles. The summed E-state index contributed by atoms with van der Waals surface area (Å²) in [6.45, 7) is 1.73. The molecule has 0 aliphatic rings. The highest BCUT2D eigenvalue weighted by Gasteiger charge is 2.09.